The number of rotatable bonds is 5. The zero-order valence-corrected chi connectivity index (χ0v) is 14.4. The number of nitrogens with one attached hydrogen (secondary N) is 1. The van der Waals surface area contributed by atoms with Crippen LogP contribution in [0, 0.1) is 0 Å². The number of Topliss-reactive ketones (excluding diaryl/α,β-unsaturated/α-hetero) is 1. The quantitative estimate of drug-likeness (QED) is 0.793. The van der Waals surface area contributed by atoms with Gasteiger partial charge in [-0.05, 0) is 36.8 Å². The van der Waals surface area contributed by atoms with E-state index in [1.54, 1.807) is 42.5 Å². The maximum absolute atomic E-state index is 12.2. The summed E-state index contributed by atoms with van der Waals surface area (Å²) in [5, 5.41) is 4.04. The predicted molar refractivity (Wildman–Crippen MR) is 93.7 cm³/mol. The average Bonchev–Trinajstić information content (AvgIpc) is 2.52. The summed E-state index contributed by atoms with van der Waals surface area (Å²) in [7, 11) is 0. The highest BCUT2D eigenvalue weighted by molar-refractivity contribution is 6.36. The van der Waals surface area contributed by atoms with Crippen LogP contribution in [0.1, 0.15) is 46.0 Å². The molecule has 0 bridgehead atoms. The third kappa shape index (κ3) is 4.34. The molecule has 0 radical (unpaired) electrons. The van der Waals surface area contributed by atoms with Gasteiger partial charge < -0.3 is 5.32 Å². The summed E-state index contributed by atoms with van der Waals surface area (Å²) < 4.78 is 0. The van der Waals surface area contributed by atoms with E-state index in [1.165, 1.54) is 6.92 Å². The van der Waals surface area contributed by atoms with Crippen molar-refractivity contribution in [2.24, 2.45) is 0 Å². The minimum Gasteiger partial charge on any atom is -0.351 e. The number of hydrogen-bond acceptors (Lipinski definition) is 2. The highest BCUT2D eigenvalue weighted by Gasteiger charge is 2.15. The Bertz CT molecular complexity index is 706. The Morgan fingerprint density at radius 3 is 2.04 bits per heavy atom. The van der Waals surface area contributed by atoms with Gasteiger partial charge in [-0.2, -0.15) is 0 Å². The molecule has 2 rings (SSSR count). The maximum Gasteiger partial charge on any atom is 0.251 e. The molecule has 3 nitrogen and oxygen atoms in total. The highest BCUT2D eigenvalue weighted by atomic mass is 35.5. The first kappa shape index (κ1) is 17.5. The first-order valence-electron chi connectivity index (χ1n) is 7.23. The maximum atomic E-state index is 12.2. The second kappa shape index (κ2) is 7.62. The monoisotopic (exact) mass is 349 g/mol. The molecule has 23 heavy (non-hydrogen) atoms. The first-order valence-corrected chi connectivity index (χ1v) is 7.99. The van der Waals surface area contributed by atoms with E-state index in [0.29, 0.717) is 27.7 Å². The van der Waals surface area contributed by atoms with Crippen LogP contribution in [0.4, 0.5) is 0 Å². The average molecular weight is 350 g/mol. The van der Waals surface area contributed by atoms with E-state index in [4.69, 9.17) is 23.2 Å². The number of carbonyl (C=O) groups is 2. The lowest BCUT2D eigenvalue weighted by Crippen LogP contribution is -2.27. The SMILES string of the molecule is CC(=O)c1ccc(C(=O)NCC(C)c2c(Cl)cccc2Cl)cc1. The van der Waals surface area contributed by atoms with Crippen molar-refractivity contribution in [3.8, 4) is 0 Å². The molecule has 1 N–H and O–H groups in total. The molecule has 0 heterocycles. The second-order valence-corrected chi connectivity index (χ2v) is 6.19. The van der Waals surface area contributed by atoms with Crippen molar-refractivity contribution < 1.29 is 9.59 Å². The third-order valence-electron chi connectivity index (χ3n) is 3.61. The zero-order valence-electron chi connectivity index (χ0n) is 12.9. The molecule has 0 aliphatic heterocycles. The van der Waals surface area contributed by atoms with Gasteiger partial charge in [-0.1, -0.05) is 48.3 Å². The smallest absolute Gasteiger partial charge is 0.251 e. The fraction of sp³-hybridized carbons (Fsp3) is 0.222. The number of benzene rings is 2. The molecular formula is C18H17Cl2NO2. The van der Waals surface area contributed by atoms with E-state index in [-0.39, 0.29) is 17.6 Å². The Balaban J connectivity index is 2.02. The topological polar surface area (TPSA) is 46.2 Å². The standard InChI is InChI=1S/C18H17Cl2NO2/c1-11(17-15(19)4-3-5-16(17)20)10-21-18(23)14-8-6-13(7-9-14)12(2)22/h3-9,11H,10H2,1-2H3,(H,21,23). The molecular weight excluding hydrogens is 333 g/mol. The lowest BCUT2D eigenvalue weighted by atomic mass is 10.0. The Kier molecular flexibility index (Phi) is 5.80. The molecule has 0 saturated heterocycles. The van der Waals surface area contributed by atoms with Crippen LogP contribution in [-0.2, 0) is 0 Å². The molecule has 1 atom stereocenters. The molecule has 2 aromatic rings. The minimum atomic E-state index is -0.199. The van der Waals surface area contributed by atoms with Crippen molar-refractivity contribution in [2.45, 2.75) is 19.8 Å². The van der Waals surface area contributed by atoms with Gasteiger partial charge in [0.25, 0.3) is 5.91 Å². The summed E-state index contributed by atoms with van der Waals surface area (Å²) in [5.74, 6) is -0.245. The molecule has 120 valence electrons. The number of carbonyl (C=O) groups excluding carboxylic acids is 2. The highest BCUT2D eigenvalue weighted by Crippen LogP contribution is 2.30. The Morgan fingerprint density at radius 2 is 1.52 bits per heavy atom. The molecule has 5 heteroatoms. The van der Waals surface area contributed by atoms with Crippen molar-refractivity contribution in [2.75, 3.05) is 6.54 Å². The van der Waals surface area contributed by atoms with Gasteiger partial charge in [0.15, 0.2) is 5.78 Å². The lowest BCUT2D eigenvalue weighted by molar-refractivity contribution is 0.0949. The Labute approximate surface area is 145 Å². The molecule has 0 saturated carbocycles. The van der Waals surface area contributed by atoms with Crippen molar-refractivity contribution in [3.05, 3.63) is 69.2 Å². The molecule has 0 aromatic heterocycles. The second-order valence-electron chi connectivity index (χ2n) is 5.38. The van der Waals surface area contributed by atoms with Gasteiger partial charge in [-0.3, -0.25) is 9.59 Å². The van der Waals surface area contributed by atoms with E-state index in [9.17, 15) is 9.59 Å². The third-order valence-corrected chi connectivity index (χ3v) is 4.27. The van der Waals surface area contributed by atoms with Crippen LogP contribution >= 0.6 is 23.2 Å². The fourth-order valence-electron chi connectivity index (χ4n) is 2.29. The van der Waals surface area contributed by atoms with Crippen LogP contribution in [0.5, 0.6) is 0 Å². The van der Waals surface area contributed by atoms with Gasteiger partial charge in [0, 0.05) is 33.6 Å². The Hall–Kier alpha value is -1.84. The number of ketones is 1. The molecule has 1 amide bonds. The fourth-order valence-corrected chi connectivity index (χ4v) is 3.06. The molecule has 2 aromatic carbocycles. The van der Waals surface area contributed by atoms with E-state index < -0.39 is 0 Å². The summed E-state index contributed by atoms with van der Waals surface area (Å²) in [5.41, 5.74) is 1.91. The van der Waals surface area contributed by atoms with E-state index in [2.05, 4.69) is 5.32 Å². The summed E-state index contributed by atoms with van der Waals surface area (Å²) in [6.45, 7) is 3.85. The van der Waals surface area contributed by atoms with Crippen molar-refractivity contribution in [3.63, 3.8) is 0 Å². The van der Waals surface area contributed by atoms with Crippen LogP contribution in [0.3, 0.4) is 0 Å². The molecule has 0 aliphatic rings. The summed E-state index contributed by atoms with van der Waals surface area (Å²) >= 11 is 12.3. The van der Waals surface area contributed by atoms with Gasteiger partial charge in [0.05, 0.1) is 0 Å². The molecule has 0 aliphatic carbocycles. The van der Waals surface area contributed by atoms with E-state index in [1.807, 2.05) is 6.92 Å². The van der Waals surface area contributed by atoms with Gasteiger partial charge in [-0.15, -0.1) is 0 Å². The number of halogens is 2. The molecule has 1 unspecified atom stereocenters. The van der Waals surface area contributed by atoms with Crippen molar-refractivity contribution in [1.29, 1.82) is 0 Å². The summed E-state index contributed by atoms with van der Waals surface area (Å²) in [6, 6.07) is 11.9. The predicted octanol–water partition coefficient (Wildman–Crippen LogP) is 4.73. The van der Waals surface area contributed by atoms with Crippen molar-refractivity contribution >= 4 is 34.9 Å². The van der Waals surface area contributed by atoms with Crippen LogP contribution in [0.25, 0.3) is 0 Å². The summed E-state index contributed by atoms with van der Waals surface area (Å²) in [6.07, 6.45) is 0. The number of hydrogen-bond donors (Lipinski definition) is 1. The van der Waals surface area contributed by atoms with Crippen LogP contribution < -0.4 is 5.32 Å². The van der Waals surface area contributed by atoms with Crippen LogP contribution in [0.15, 0.2) is 42.5 Å². The largest absolute Gasteiger partial charge is 0.351 e. The first-order chi connectivity index (χ1) is 10.9. The van der Waals surface area contributed by atoms with E-state index >= 15 is 0 Å². The van der Waals surface area contributed by atoms with Gasteiger partial charge in [0.2, 0.25) is 0 Å². The van der Waals surface area contributed by atoms with Gasteiger partial charge in [0.1, 0.15) is 0 Å². The van der Waals surface area contributed by atoms with Crippen molar-refractivity contribution in [1.82, 2.24) is 5.32 Å². The van der Waals surface area contributed by atoms with Crippen LogP contribution in [-0.4, -0.2) is 18.2 Å². The number of amides is 1. The minimum absolute atomic E-state index is 0.0170. The molecule has 0 spiro atoms. The Morgan fingerprint density at radius 1 is 1.00 bits per heavy atom. The lowest BCUT2D eigenvalue weighted by Gasteiger charge is -2.16. The normalized spacial score (nSPS) is 11.8. The summed E-state index contributed by atoms with van der Waals surface area (Å²) in [4.78, 5) is 23.4. The van der Waals surface area contributed by atoms with Gasteiger partial charge >= 0.3 is 0 Å². The molecule has 0 fully saturated rings. The van der Waals surface area contributed by atoms with E-state index in [0.717, 1.165) is 5.56 Å². The zero-order chi connectivity index (χ0) is 17.0. The van der Waals surface area contributed by atoms with Gasteiger partial charge in [-0.25, -0.2) is 0 Å². The van der Waals surface area contributed by atoms with Crippen LogP contribution in [0.2, 0.25) is 10.0 Å².